The molecule has 2 atom stereocenters. The number of aryl methyl sites for hydroxylation is 2. The molecule has 0 aliphatic carbocycles. The smallest absolute Gasteiger partial charge is 0.437 e. The first-order valence-electron chi connectivity index (χ1n) is 10.6. The first kappa shape index (κ1) is 24.2. The molecule has 4 heterocycles. The number of hydrogen-bond donors (Lipinski definition) is 2. The van der Waals surface area contributed by atoms with Gasteiger partial charge in [0.25, 0.3) is 5.91 Å². The highest BCUT2D eigenvalue weighted by atomic mass is 32.1. The van der Waals surface area contributed by atoms with E-state index in [0.717, 1.165) is 0 Å². The lowest BCUT2D eigenvalue weighted by molar-refractivity contribution is 0.0540. The van der Waals surface area contributed by atoms with E-state index >= 15 is 0 Å². The first-order chi connectivity index (χ1) is 16.8. The van der Waals surface area contributed by atoms with Crippen LogP contribution in [-0.2, 0) is 16.5 Å². The molecule has 1 saturated heterocycles. The van der Waals surface area contributed by atoms with Gasteiger partial charge in [0.1, 0.15) is 18.1 Å². The number of hydrogen-bond acceptors (Lipinski definition) is 11. The van der Waals surface area contributed by atoms with Crippen LogP contribution < -0.4 is 15.0 Å². The van der Waals surface area contributed by atoms with Crippen LogP contribution in [0.1, 0.15) is 28.2 Å². The zero-order chi connectivity index (χ0) is 25.1. The molecule has 0 spiro atoms. The van der Waals surface area contributed by atoms with Crippen molar-refractivity contribution in [1.82, 2.24) is 30.0 Å². The number of thiazole rings is 1. The molecular weight excluding hydrogens is 476 g/mol. The van der Waals surface area contributed by atoms with Crippen LogP contribution in [0.4, 0.5) is 9.93 Å². The average molecular weight is 501 g/mol. The van der Waals surface area contributed by atoms with Crippen LogP contribution >= 0.6 is 11.3 Å². The Morgan fingerprint density at radius 1 is 1.37 bits per heavy atom. The predicted octanol–water partition coefficient (Wildman–Crippen LogP) is 1.62. The van der Waals surface area contributed by atoms with Crippen molar-refractivity contribution in [1.29, 1.82) is 5.26 Å². The number of nitrogens with zero attached hydrogens (tertiary/aromatic N) is 6. The molecule has 3 aromatic rings. The second-order valence-corrected chi connectivity index (χ2v) is 8.76. The quantitative estimate of drug-likeness (QED) is 0.476. The van der Waals surface area contributed by atoms with Gasteiger partial charge in [-0.25, -0.2) is 19.4 Å². The van der Waals surface area contributed by atoms with Crippen molar-refractivity contribution in [3.8, 4) is 22.7 Å². The Balaban J connectivity index is 1.51. The Hall–Kier alpha value is -3.96. The predicted molar refractivity (Wildman–Crippen MR) is 124 cm³/mol. The summed E-state index contributed by atoms with van der Waals surface area (Å²) in [5.74, 6) is 0.137. The highest BCUT2D eigenvalue weighted by Crippen LogP contribution is 2.39. The van der Waals surface area contributed by atoms with Gasteiger partial charge in [-0.15, -0.1) is 0 Å². The molecule has 184 valence electrons. The van der Waals surface area contributed by atoms with E-state index in [1.54, 1.807) is 21.1 Å². The van der Waals surface area contributed by atoms with Crippen LogP contribution in [0.15, 0.2) is 12.4 Å². The summed E-state index contributed by atoms with van der Waals surface area (Å²) in [7, 11) is 4.52. The maximum absolute atomic E-state index is 12.7. The number of anilines is 1. The summed E-state index contributed by atoms with van der Waals surface area (Å²) in [5, 5.41) is 17.0. The molecule has 0 bridgehead atoms. The largest absolute Gasteiger partial charge is 0.514 e. The summed E-state index contributed by atoms with van der Waals surface area (Å²) in [6.07, 6.45) is 0.780. The van der Waals surface area contributed by atoms with Gasteiger partial charge in [0.05, 0.1) is 24.8 Å². The molecule has 1 aliphatic heterocycles. The Morgan fingerprint density at radius 3 is 2.80 bits per heavy atom. The van der Waals surface area contributed by atoms with E-state index in [4.69, 9.17) is 14.7 Å². The van der Waals surface area contributed by atoms with E-state index in [0.29, 0.717) is 53.1 Å². The van der Waals surface area contributed by atoms with Gasteiger partial charge in [0.2, 0.25) is 5.06 Å². The van der Waals surface area contributed by atoms with Crippen molar-refractivity contribution >= 4 is 28.5 Å². The normalized spacial score (nSPS) is 17.6. The van der Waals surface area contributed by atoms with Crippen LogP contribution in [0.2, 0.25) is 0 Å². The number of carbonyl (C=O) groups excluding carboxylic acids is 2. The minimum Gasteiger partial charge on any atom is -0.437 e. The number of H-pyrrole nitrogens is 1. The number of rotatable bonds is 6. The zero-order valence-electron chi connectivity index (χ0n) is 19.6. The number of ether oxygens (including phenoxy) is 3. The van der Waals surface area contributed by atoms with Gasteiger partial charge in [0, 0.05) is 32.9 Å². The van der Waals surface area contributed by atoms with E-state index in [9.17, 15) is 9.59 Å². The maximum Gasteiger partial charge on any atom is 0.514 e. The van der Waals surface area contributed by atoms with E-state index in [1.165, 1.54) is 35.5 Å². The van der Waals surface area contributed by atoms with Gasteiger partial charge < -0.3 is 29.4 Å². The summed E-state index contributed by atoms with van der Waals surface area (Å²) < 4.78 is 17.2. The summed E-state index contributed by atoms with van der Waals surface area (Å²) in [6.45, 7) is 2.76. The number of aromatic amines is 1. The van der Waals surface area contributed by atoms with Gasteiger partial charge in [-0.05, 0) is 19.4 Å². The fourth-order valence-corrected chi connectivity index (χ4v) is 4.75. The Kier molecular flexibility index (Phi) is 6.99. The molecule has 0 saturated carbocycles. The molecule has 1 aliphatic rings. The lowest BCUT2D eigenvalue weighted by atomic mass is 10.0. The first-order valence-corrected chi connectivity index (χ1v) is 11.5. The minimum atomic E-state index is -0.862. The van der Waals surface area contributed by atoms with Crippen LogP contribution in [0.3, 0.4) is 0 Å². The van der Waals surface area contributed by atoms with Crippen molar-refractivity contribution < 1.29 is 23.8 Å². The van der Waals surface area contributed by atoms with E-state index in [-0.39, 0.29) is 23.1 Å². The molecule has 3 aromatic heterocycles. The van der Waals surface area contributed by atoms with Gasteiger partial charge in [-0.2, -0.15) is 10.4 Å². The number of amides is 1. The molecule has 0 aromatic carbocycles. The van der Waals surface area contributed by atoms with Crippen molar-refractivity contribution in [3.05, 3.63) is 29.3 Å². The Morgan fingerprint density at radius 2 is 2.17 bits per heavy atom. The number of nitriles is 1. The Labute approximate surface area is 204 Å². The van der Waals surface area contributed by atoms with Crippen molar-refractivity contribution in [2.24, 2.45) is 7.05 Å². The fraction of sp³-hybridized carbons (Fsp3) is 0.429. The summed E-state index contributed by atoms with van der Waals surface area (Å²) in [6, 6.07) is 3.34. The maximum atomic E-state index is 12.7. The van der Waals surface area contributed by atoms with E-state index in [2.05, 4.69) is 36.2 Å². The molecule has 1 amide bonds. The lowest BCUT2D eigenvalue weighted by Gasteiger charge is -2.37. The SMILES string of the molecule is COC(=O)Oc1sc(N2CC[C@@H](NC(=O)c3cc(C#N)c(C)[nH]3)[C@@H](OC)C2)nc1-c1ncnn1C. The molecule has 0 radical (unpaired) electrons. The monoisotopic (exact) mass is 500 g/mol. The van der Waals surface area contributed by atoms with Gasteiger partial charge in [0.15, 0.2) is 16.6 Å². The van der Waals surface area contributed by atoms with E-state index in [1.807, 2.05) is 4.90 Å². The number of carbonyl (C=O) groups is 2. The molecule has 0 unspecified atom stereocenters. The molecule has 2 N–H and O–H groups in total. The van der Waals surface area contributed by atoms with Crippen LogP contribution in [0.25, 0.3) is 11.5 Å². The number of methoxy groups -OCH3 is 2. The van der Waals surface area contributed by atoms with Gasteiger partial charge in [-0.3, -0.25) is 4.79 Å². The van der Waals surface area contributed by atoms with Crippen molar-refractivity contribution in [3.63, 3.8) is 0 Å². The van der Waals surface area contributed by atoms with Crippen molar-refractivity contribution in [2.75, 3.05) is 32.2 Å². The molecule has 14 heteroatoms. The lowest BCUT2D eigenvalue weighted by Crippen LogP contribution is -2.55. The van der Waals surface area contributed by atoms with Crippen LogP contribution in [0.5, 0.6) is 5.06 Å². The molecule has 35 heavy (non-hydrogen) atoms. The third-order valence-electron chi connectivity index (χ3n) is 5.68. The summed E-state index contributed by atoms with van der Waals surface area (Å²) >= 11 is 1.18. The zero-order valence-corrected chi connectivity index (χ0v) is 20.4. The van der Waals surface area contributed by atoms with Gasteiger partial charge >= 0.3 is 6.16 Å². The Bertz CT molecular complexity index is 1280. The summed E-state index contributed by atoms with van der Waals surface area (Å²) in [5.41, 5.74) is 1.77. The number of aromatic nitrogens is 5. The third kappa shape index (κ3) is 4.96. The topological polar surface area (TPSA) is 160 Å². The van der Waals surface area contributed by atoms with Crippen LogP contribution in [0, 0.1) is 18.3 Å². The average Bonchev–Trinajstić information content (AvgIpc) is 3.57. The highest BCUT2D eigenvalue weighted by molar-refractivity contribution is 7.18. The second-order valence-electron chi connectivity index (χ2n) is 7.82. The molecule has 1 fully saturated rings. The third-order valence-corrected chi connectivity index (χ3v) is 6.67. The molecular formula is C21H24N8O5S. The number of nitrogens with one attached hydrogen (secondary N) is 2. The summed E-state index contributed by atoms with van der Waals surface area (Å²) in [4.78, 5) is 38.3. The number of piperidine rings is 1. The standard InChI is InChI=1S/C21H24N8O5S/c1-11-12(8-22)7-14(25-11)18(30)26-13-5-6-29(9-15(13)32-3)20-27-16(17-23-10-24-28(17)2)19(35-20)34-21(31)33-4/h7,10,13,15,25H,5-6,9H2,1-4H3,(H,26,30)/t13-,15+/m1/s1. The van der Waals surface area contributed by atoms with Crippen molar-refractivity contribution in [2.45, 2.75) is 25.5 Å². The highest BCUT2D eigenvalue weighted by Gasteiger charge is 2.33. The molecule has 13 nitrogen and oxygen atoms in total. The second kappa shape index (κ2) is 10.1. The minimum absolute atomic E-state index is 0.239. The van der Waals surface area contributed by atoms with Gasteiger partial charge in [-0.1, -0.05) is 11.3 Å². The molecule has 4 rings (SSSR count). The fourth-order valence-electron chi connectivity index (χ4n) is 3.81. The van der Waals surface area contributed by atoms with E-state index < -0.39 is 6.16 Å². The van der Waals surface area contributed by atoms with Crippen LogP contribution in [-0.4, -0.2) is 76.2 Å².